The van der Waals surface area contributed by atoms with E-state index in [0.717, 1.165) is 25.0 Å². The summed E-state index contributed by atoms with van der Waals surface area (Å²) in [5.41, 5.74) is -0.564. The van der Waals surface area contributed by atoms with Crippen LogP contribution in [0.1, 0.15) is 11.1 Å². The van der Waals surface area contributed by atoms with Gasteiger partial charge in [-0.05, 0) is 29.8 Å². The molecule has 1 aromatic heterocycles. The van der Waals surface area contributed by atoms with Crippen LogP contribution in [0, 0.1) is 0 Å². The minimum absolute atomic E-state index is 0. The molecular weight excluding hydrogens is 510 g/mol. The highest BCUT2D eigenvalue weighted by atomic mass is 127. The van der Waals surface area contributed by atoms with E-state index in [9.17, 15) is 13.2 Å². The fourth-order valence-corrected chi connectivity index (χ4v) is 3.30. The van der Waals surface area contributed by atoms with E-state index in [2.05, 4.69) is 20.2 Å². The van der Waals surface area contributed by atoms with Crippen LogP contribution in [-0.2, 0) is 12.7 Å². The number of piperazine rings is 1. The maximum atomic E-state index is 13.4. The Hall–Kier alpha value is -2.24. The van der Waals surface area contributed by atoms with Crippen LogP contribution in [0.15, 0.2) is 47.6 Å². The summed E-state index contributed by atoms with van der Waals surface area (Å²) in [6.07, 6.45) is -2.70. The smallest absolute Gasteiger partial charge is 0.416 e. The monoisotopic (exact) mass is 535 g/mol. The van der Waals surface area contributed by atoms with Crippen LogP contribution >= 0.6 is 24.0 Å². The van der Waals surface area contributed by atoms with Crippen LogP contribution in [0.25, 0.3) is 0 Å². The average Bonchev–Trinajstić information content (AvgIpc) is 2.74. The third-order valence-electron chi connectivity index (χ3n) is 4.82. The zero-order valence-electron chi connectivity index (χ0n) is 16.8. The number of aromatic nitrogens is 1. The third kappa shape index (κ3) is 5.89. The lowest BCUT2D eigenvalue weighted by molar-refractivity contribution is -0.138. The summed E-state index contributed by atoms with van der Waals surface area (Å²) in [4.78, 5) is 12.8. The number of rotatable bonds is 4. The van der Waals surface area contributed by atoms with Gasteiger partial charge in [0.1, 0.15) is 11.6 Å². The third-order valence-corrected chi connectivity index (χ3v) is 4.82. The number of anilines is 1. The van der Waals surface area contributed by atoms with E-state index in [-0.39, 0.29) is 41.8 Å². The number of benzene rings is 1. The fraction of sp³-hybridized carbons (Fsp3) is 0.400. The van der Waals surface area contributed by atoms with Crippen LogP contribution in [-0.4, -0.2) is 56.2 Å². The number of nitrogens with zero attached hydrogens (tertiary/aromatic N) is 4. The molecule has 0 atom stereocenters. The van der Waals surface area contributed by atoms with Crippen LogP contribution in [0.3, 0.4) is 0 Å². The molecule has 0 bridgehead atoms. The summed E-state index contributed by atoms with van der Waals surface area (Å²) in [6.45, 7) is 2.93. The van der Waals surface area contributed by atoms with Crippen molar-refractivity contribution in [2.75, 3.05) is 45.2 Å². The van der Waals surface area contributed by atoms with Crippen LogP contribution in [0.5, 0.6) is 5.75 Å². The van der Waals surface area contributed by atoms with E-state index in [4.69, 9.17) is 4.74 Å². The van der Waals surface area contributed by atoms with Gasteiger partial charge in [0.15, 0.2) is 5.96 Å². The SMILES string of the molecule is CN=C(NCc1ccc(OC)cc1C(F)(F)F)N1CCN(c2ccccn2)CC1.I. The number of alkyl halides is 3. The molecule has 0 unspecified atom stereocenters. The average molecular weight is 535 g/mol. The molecule has 0 spiro atoms. The normalized spacial score (nSPS) is 14.9. The van der Waals surface area contributed by atoms with Gasteiger partial charge in [0.05, 0.1) is 12.7 Å². The van der Waals surface area contributed by atoms with Crippen molar-refractivity contribution < 1.29 is 17.9 Å². The van der Waals surface area contributed by atoms with Crippen molar-refractivity contribution in [1.82, 2.24) is 15.2 Å². The van der Waals surface area contributed by atoms with Gasteiger partial charge in [0.25, 0.3) is 0 Å². The molecule has 1 aromatic carbocycles. The molecule has 0 saturated carbocycles. The summed E-state index contributed by atoms with van der Waals surface area (Å²) in [6, 6.07) is 9.76. The van der Waals surface area contributed by atoms with E-state index in [1.165, 1.54) is 19.2 Å². The number of nitrogens with one attached hydrogen (secondary N) is 1. The molecule has 0 amide bonds. The molecule has 2 aromatic rings. The van der Waals surface area contributed by atoms with Crippen molar-refractivity contribution in [3.05, 3.63) is 53.7 Å². The summed E-state index contributed by atoms with van der Waals surface area (Å²) in [7, 11) is 2.98. The van der Waals surface area contributed by atoms with Crippen molar-refractivity contribution in [1.29, 1.82) is 0 Å². The van der Waals surface area contributed by atoms with Crippen molar-refractivity contribution in [2.24, 2.45) is 4.99 Å². The molecule has 1 aliphatic rings. The molecule has 1 saturated heterocycles. The second kappa shape index (κ2) is 10.7. The molecule has 1 fully saturated rings. The molecule has 1 aliphatic heterocycles. The lowest BCUT2D eigenvalue weighted by atomic mass is 10.1. The van der Waals surface area contributed by atoms with Crippen molar-refractivity contribution in [3.8, 4) is 5.75 Å². The Balaban J connectivity index is 0.00000320. The zero-order chi connectivity index (χ0) is 20.9. The number of pyridine rings is 1. The molecule has 0 aliphatic carbocycles. The highest BCUT2D eigenvalue weighted by Crippen LogP contribution is 2.34. The molecule has 164 valence electrons. The first-order valence-corrected chi connectivity index (χ1v) is 9.28. The molecular formula is C20H25F3IN5O. The predicted octanol–water partition coefficient (Wildman–Crippen LogP) is 3.62. The zero-order valence-corrected chi connectivity index (χ0v) is 19.1. The van der Waals surface area contributed by atoms with Gasteiger partial charge in [-0.2, -0.15) is 13.2 Å². The second-order valence-electron chi connectivity index (χ2n) is 6.58. The Morgan fingerprint density at radius 3 is 2.47 bits per heavy atom. The maximum absolute atomic E-state index is 13.4. The number of halogens is 4. The van der Waals surface area contributed by atoms with Crippen LogP contribution in [0.2, 0.25) is 0 Å². The first-order valence-electron chi connectivity index (χ1n) is 9.28. The number of methoxy groups -OCH3 is 1. The standard InChI is InChI=1S/C20H24F3N5O.HI/c1-24-19(28-11-9-27(10-12-28)18-5-3-4-8-25-18)26-14-15-6-7-16(29-2)13-17(15)20(21,22)23;/h3-8,13H,9-12,14H2,1-2H3,(H,24,26);1H. The van der Waals surface area contributed by atoms with E-state index >= 15 is 0 Å². The summed E-state index contributed by atoms with van der Waals surface area (Å²) in [5.74, 6) is 1.67. The molecule has 10 heteroatoms. The van der Waals surface area contributed by atoms with Gasteiger partial charge >= 0.3 is 6.18 Å². The van der Waals surface area contributed by atoms with Crippen LogP contribution < -0.4 is 15.0 Å². The fourth-order valence-electron chi connectivity index (χ4n) is 3.30. The Kier molecular flexibility index (Phi) is 8.56. The highest BCUT2D eigenvalue weighted by Gasteiger charge is 2.34. The Bertz CT molecular complexity index is 840. The number of hydrogen-bond acceptors (Lipinski definition) is 4. The summed E-state index contributed by atoms with van der Waals surface area (Å²) >= 11 is 0. The predicted molar refractivity (Wildman–Crippen MR) is 122 cm³/mol. The first-order chi connectivity index (χ1) is 13.9. The first kappa shape index (κ1) is 24.0. The van der Waals surface area contributed by atoms with Gasteiger partial charge in [0.2, 0.25) is 0 Å². The van der Waals surface area contributed by atoms with E-state index in [1.54, 1.807) is 13.2 Å². The number of guanidine groups is 1. The van der Waals surface area contributed by atoms with Gasteiger partial charge in [-0.1, -0.05) is 12.1 Å². The van der Waals surface area contributed by atoms with Crippen molar-refractivity contribution >= 4 is 35.8 Å². The van der Waals surface area contributed by atoms with Gasteiger partial charge in [-0.25, -0.2) is 4.98 Å². The minimum atomic E-state index is -4.45. The maximum Gasteiger partial charge on any atom is 0.416 e. The van der Waals surface area contributed by atoms with Crippen LogP contribution in [0.4, 0.5) is 19.0 Å². The van der Waals surface area contributed by atoms with E-state index < -0.39 is 11.7 Å². The molecule has 6 nitrogen and oxygen atoms in total. The molecule has 3 rings (SSSR count). The number of ether oxygens (including phenoxy) is 1. The minimum Gasteiger partial charge on any atom is -0.497 e. The number of aliphatic imine (C=N–C) groups is 1. The van der Waals surface area contributed by atoms with Gasteiger partial charge in [-0.15, -0.1) is 24.0 Å². The highest BCUT2D eigenvalue weighted by molar-refractivity contribution is 14.0. The Morgan fingerprint density at radius 1 is 1.17 bits per heavy atom. The van der Waals surface area contributed by atoms with E-state index in [1.807, 2.05) is 23.1 Å². The Labute approximate surface area is 191 Å². The number of hydrogen-bond donors (Lipinski definition) is 1. The van der Waals surface area contributed by atoms with Crippen molar-refractivity contribution in [2.45, 2.75) is 12.7 Å². The van der Waals surface area contributed by atoms with Gasteiger partial charge in [-0.3, -0.25) is 4.99 Å². The second-order valence-corrected chi connectivity index (χ2v) is 6.58. The lowest BCUT2D eigenvalue weighted by Crippen LogP contribution is -2.52. The van der Waals surface area contributed by atoms with Gasteiger partial charge in [0, 0.05) is 46.0 Å². The van der Waals surface area contributed by atoms with E-state index in [0.29, 0.717) is 19.0 Å². The van der Waals surface area contributed by atoms with Gasteiger partial charge < -0.3 is 19.9 Å². The Morgan fingerprint density at radius 2 is 1.90 bits per heavy atom. The lowest BCUT2D eigenvalue weighted by Gasteiger charge is -2.37. The summed E-state index contributed by atoms with van der Waals surface area (Å²) < 4.78 is 45.1. The molecule has 2 heterocycles. The molecule has 30 heavy (non-hydrogen) atoms. The molecule has 0 radical (unpaired) electrons. The largest absolute Gasteiger partial charge is 0.497 e. The topological polar surface area (TPSA) is 53.0 Å². The molecule has 1 N–H and O–H groups in total. The quantitative estimate of drug-likeness (QED) is 0.369. The van der Waals surface area contributed by atoms with Crippen molar-refractivity contribution in [3.63, 3.8) is 0 Å². The summed E-state index contributed by atoms with van der Waals surface area (Å²) in [5, 5.41) is 3.06.